The molecule has 1 aliphatic rings. The molecule has 0 radical (unpaired) electrons. The Bertz CT molecular complexity index is 463. The molecule has 1 fully saturated rings. The van der Waals surface area contributed by atoms with E-state index in [0.29, 0.717) is 12.6 Å². The van der Waals surface area contributed by atoms with Gasteiger partial charge in [0.15, 0.2) is 0 Å². The molecule has 108 valence electrons. The van der Waals surface area contributed by atoms with Gasteiger partial charge in [-0.2, -0.15) is 5.26 Å². The molecule has 0 amide bonds. The highest BCUT2D eigenvalue weighted by Gasteiger charge is 2.24. The van der Waals surface area contributed by atoms with Crippen LogP contribution < -0.4 is 10.1 Å². The average Bonchev–Trinajstić information content (AvgIpc) is 3.21. The van der Waals surface area contributed by atoms with Crippen LogP contribution in [0.3, 0.4) is 0 Å². The molecule has 1 aliphatic carbocycles. The van der Waals surface area contributed by atoms with E-state index in [1.807, 2.05) is 12.1 Å². The monoisotopic (exact) mass is 272 g/mol. The molecule has 0 spiro atoms. The zero-order valence-corrected chi connectivity index (χ0v) is 12.6. The van der Waals surface area contributed by atoms with Crippen LogP contribution in [0.5, 0.6) is 5.75 Å². The Labute approximate surface area is 121 Å². The van der Waals surface area contributed by atoms with Crippen molar-refractivity contribution in [3.63, 3.8) is 0 Å². The normalized spacial score (nSPS) is 16.5. The van der Waals surface area contributed by atoms with E-state index in [-0.39, 0.29) is 11.5 Å². The molecule has 2 rings (SSSR count). The van der Waals surface area contributed by atoms with Gasteiger partial charge in [0.05, 0.1) is 18.7 Å². The highest BCUT2D eigenvalue weighted by Crippen LogP contribution is 2.24. The first-order chi connectivity index (χ1) is 9.49. The van der Waals surface area contributed by atoms with E-state index in [0.717, 1.165) is 12.2 Å². The molecule has 20 heavy (non-hydrogen) atoms. The quantitative estimate of drug-likeness (QED) is 0.863. The highest BCUT2D eigenvalue weighted by atomic mass is 16.5. The van der Waals surface area contributed by atoms with Gasteiger partial charge in [0, 0.05) is 12.5 Å². The molecule has 3 heteroatoms. The van der Waals surface area contributed by atoms with Crippen LogP contribution in [-0.4, -0.2) is 18.7 Å². The van der Waals surface area contributed by atoms with Crippen molar-refractivity contribution < 1.29 is 4.74 Å². The predicted molar refractivity (Wildman–Crippen MR) is 80.8 cm³/mol. The number of rotatable bonds is 6. The molecule has 1 unspecified atom stereocenters. The molecule has 0 aliphatic heterocycles. The standard InChI is InChI=1S/C17H24N2O/c1-17(2,3)13-4-8-16(9-5-13)20-11-10-15(12-18)19-14-6-7-14/h4-5,8-9,14-15,19H,6-7,10-11H2,1-3H3. The van der Waals surface area contributed by atoms with Gasteiger partial charge in [-0.3, -0.25) is 5.32 Å². The number of nitrogens with zero attached hydrogens (tertiary/aromatic N) is 1. The second kappa shape index (κ2) is 6.28. The topological polar surface area (TPSA) is 45.0 Å². The van der Waals surface area contributed by atoms with Crippen molar-refractivity contribution in [1.29, 1.82) is 5.26 Å². The molecule has 1 aromatic carbocycles. The summed E-state index contributed by atoms with van der Waals surface area (Å²) in [7, 11) is 0. The van der Waals surface area contributed by atoms with Crippen molar-refractivity contribution in [2.24, 2.45) is 0 Å². The van der Waals surface area contributed by atoms with Gasteiger partial charge < -0.3 is 4.74 Å². The lowest BCUT2D eigenvalue weighted by Crippen LogP contribution is -2.31. The Morgan fingerprint density at radius 1 is 1.30 bits per heavy atom. The van der Waals surface area contributed by atoms with Gasteiger partial charge >= 0.3 is 0 Å². The lowest BCUT2D eigenvalue weighted by molar-refractivity contribution is 0.297. The summed E-state index contributed by atoms with van der Waals surface area (Å²) < 4.78 is 5.72. The van der Waals surface area contributed by atoms with Crippen LogP contribution in [0.4, 0.5) is 0 Å². The number of nitrogens with one attached hydrogen (secondary N) is 1. The van der Waals surface area contributed by atoms with E-state index in [1.165, 1.54) is 18.4 Å². The van der Waals surface area contributed by atoms with Gasteiger partial charge in [0.2, 0.25) is 0 Å². The second-order valence-electron chi connectivity index (χ2n) is 6.53. The summed E-state index contributed by atoms with van der Waals surface area (Å²) >= 11 is 0. The van der Waals surface area contributed by atoms with Crippen LogP contribution in [0.15, 0.2) is 24.3 Å². The third-order valence-corrected chi connectivity index (χ3v) is 3.57. The Morgan fingerprint density at radius 3 is 2.45 bits per heavy atom. The van der Waals surface area contributed by atoms with Gasteiger partial charge in [0.1, 0.15) is 5.75 Å². The lowest BCUT2D eigenvalue weighted by Gasteiger charge is -2.19. The maximum atomic E-state index is 9.06. The van der Waals surface area contributed by atoms with E-state index >= 15 is 0 Å². The fourth-order valence-electron chi connectivity index (χ4n) is 2.07. The highest BCUT2D eigenvalue weighted by molar-refractivity contribution is 5.31. The Kier molecular flexibility index (Phi) is 4.67. The van der Waals surface area contributed by atoms with Crippen molar-refractivity contribution in [3.8, 4) is 11.8 Å². The maximum Gasteiger partial charge on any atom is 0.119 e. The van der Waals surface area contributed by atoms with E-state index in [9.17, 15) is 0 Å². The van der Waals surface area contributed by atoms with Crippen LogP contribution in [0, 0.1) is 11.3 Å². The summed E-state index contributed by atoms with van der Waals surface area (Å²) in [5.41, 5.74) is 1.47. The second-order valence-corrected chi connectivity index (χ2v) is 6.53. The van der Waals surface area contributed by atoms with Crippen molar-refractivity contribution in [1.82, 2.24) is 5.32 Å². The molecule has 1 atom stereocenters. The zero-order chi connectivity index (χ0) is 14.6. The Balaban J connectivity index is 1.77. The van der Waals surface area contributed by atoms with Crippen molar-refractivity contribution >= 4 is 0 Å². The van der Waals surface area contributed by atoms with Gasteiger partial charge in [0.25, 0.3) is 0 Å². The largest absolute Gasteiger partial charge is 0.493 e. The summed E-state index contributed by atoms with van der Waals surface area (Å²) in [6.45, 7) is 7.17. The van der Waals surface area contributed by atoms with Crippen molar-refractivity contribution in [2.45, 2.75) is 57.5 Å². The van der Waals surface area contributed by atoms with Gasteiger partial charge in [-0.1, -0.05) is 32.9 Å². The van der Waals surface area contributed by atoms with Gasteiger partial charge in [-0.15, -0.1) is 0 Å². The molecule has 1 aromatic rings. The van der Waals surface area contributed by atoms with Crippen molar-refractivity contribution in [3.05, 3.63) is 29.8 Å². The number of hydrogen-bond donors (Lipinski definition) is 1. The minimum atomic E-state index is -0.0867. The van der Waals surface area contributed by atoms with Crippen LogP contribution in [-0.2, 0) is 5.41 Å². The summed E-state index contributed by atoms with van der Waals surface area (Å²) in [6.07, 6.45) is 3.13. The number of ether oxygens (including phenoxy) is 1. The smallest absolute Gasteiger partial charge is 0.119 e. The Hall–Kier alpha value is -1.53. The van der Waals surface area contributed by atoms with Crippen molar-refractivity contribution in [2.75, 3.05) is 6.61 Å². The zero-order valence-electron chi connectivity index (χ0n) is 12.6. The fraction of sp³-hybridized carbons (Fsp3) is 0.588. The first-order valence-electron chi connectivity index (χ1n) is 7.38. The summed E-state index contributed by atoms with van der Waals surface area (Å²) in [5, 5.41) is 12.4. The lowest BCUT2D eigenvalue weighted by atomic mass is 9.87. The van der Waals surface area contributed by atoms with Crippen LogP contribution >= 0.6 is 0 Å². The van der Waals surface area contributed by atoms with E-state index in [4.69, 9.17) is 10.00 Å². The molecule has 0 saturated heterocycles. The van der Waals surface area contributed by atoms with Gasteiger partial charge in [-0.05, 0) is 36.0 Å². The number of benzene rings is 1. The van der Waals surface area contributed by atoms with E-state index < -0.39 is 0 Å². The summed E-state index contributed by atoms with van der Waals surface area (Å²) in [4.78, 5) is 0. The Morgan fingerprint density at radius 2 is 1.95 bits per heavy atom. The molecular weight excluding hydrogens is 248 g/mol. The SMILES string of the molecule is CC(C)(C)c1ccc(OCCC(C#N)NC2CC2)cc1. The summed E-state index contributed by atoms with van der Waals surface area (Å²) in [6, 6.07) is 11.0. The van der Waals surface area contributed by atoms with Crippen LogP contribution in [0.1, 0.15) is 45.6 Å². The molecular formula is C17H24N2O. The van der Waals surface area contributed by atoms with E-state index in [2.05, 4.69) is 44.3 Å². The number of nitriles is 1. The first-order valence-corrected chi connectivity index (χ1v) is 7.38. The maximum absolute atomic E-state index is 9.06. The first kappa shape index (κ1) is 14.9. The molecule has 0 bridgehead atoms. The third-order valence-electron chi connectivity index (χ3n) is 3.57. The fourth-order valence-corrected chi connectivity index (χ4v) is 2.07. The van der Waals surface area contributed by atoms with E-state index in [1.54, 1.807) is 0 Å². The molecule has 0 aromatic heterocycles. The molecule has 1 saturated carbocycles. The molecule has 1 N–H and O–H groups in total. The predicted octanol–water partition coefficient (Wildman–Crippen LogP) is 3.40. The third kappa shape index (κ3) is 4.54. The summed E-state index contributed by atoms with van der Waals surface area (Å²) in [5.74, 6) is 0.876. The minimum Gasteiger partial charge on any atom is -0.493 e. The molecule has 3 nitrogen and oxygen atoms in total. The minimum absolute atomic E-state index is 0.0867. The van der Waals surface area contributed by atoms with Gasteiger partial charge in [-0.25, -0.2) is 0 Å². The average molecular weight is 272 g/mol. The van der Waals surface area contributed by atoms with Crippen LogP contribution in [0.25, 0.3) is 0 Å². The van der Waals surface area contributed by atoms with Crippen LogP contribution in [0.2, 0.25) is 0 Å². The number of hydrogen-bond acceptors (Lipinski definition) is 3. The molecule has 0 heterocycles.